The maximum absolute atomic E-state index is 13.3. The van der Waals surface area contributed by atoms with Crippen molar-refractivity contribution in [3.8, 4) is 0 Å². The molecule has 0 saturated carbocycles. The van der Waals surface area contributed by atoms with E-state index in [9.17, 15) is 4.39 Å². The van der Waals surface area contributed by atoms with Gasteiger partial charge in [0.1, 0.15) is 5.82 Å². The van der Waals surface area contributed by atoms with Gasteiger partial charge in [-0.05, 0) is 70.2 Å². The van der Waals surface area contributed by atoms with Gasteiger partial charge in [-0.1, -0.05) is 17.7 Å². The molecule has 1 aliphatic carbocycles. The lowest BCUT2D eigenvalue weighted by molar-refractivity contribution is 0.627. The third kappa shape index (κ3) is 2.77. The fraction of sp³-hybridized carbons (Fsp3) is 0.200. The summed E-state index contributed by atoms with van der Waals surface area (Å²) in [7, 11) is 0. The largest absolute Gasteiger partial charge is 0.381 e. The number of benzene rings is 2. The molecule has 1 atom stereocenters. The Morgan fingerprint density at radius 2 is 1.89 bits per heavy atom. The van der Waals surface area contributed by atoms with Crippen molar-refractivity contribution >= 4 is 33.2 Å². The van der Waals surface area contributed by atoms with Crippen molar-refractivity contribution in [1.29, 1.82) is 0 Å². The Morgan fingerprint density at radius 1 is 1.11 bits per heavy atom. The van der Waals surface area contributed by atoms with Gasteiger partial charge in [0.05, 0.1) is 5.69 Å². The van der Waals surface area contributed by atoms with Gasteiger partial charge < -0.3 is 5.32 Å². The van der Waals surface area contributed by atoms with E-state index in [1.54, 1.807) is 6.07 Å². The second-order valence-corrected chi connectivity index (χ2v) is 6.08. The second-order valence-electron chi connectivity index (χ2n) is 4.79. The SMILES string of the molecule is Fc1ccc(Br)c(NC2Cc3ccc(Cl)cc3C2)c1. The maximum atomic E-state index is 13.3. The van der Waals surface area contributed by atoms with Crippen molar-refractivity contribution < 1.29 is 4.39 Å². The van der Waals surface area contributed by atoms with Crippen LogP contribution in [0.3, 0.4) is 0 Å². The molecule has 0 spiro atoms. The predicted molar refractivity (Wildman–Crippen MR) is 80.4 cm³/mol. The second kappa shape index (κ2) is 5.14. The number of halogens is 3. The van der Waals surface area contributed by atoms with Crippen molar-refractivity contribution in [1.82, 2.24) is 0 Å². The minimum atomic E-state index is -0.232. The first-order chi connectivity index (χ1) is 9.11. The van der Waals surface area contributed by atoms with Gasteiger partial charge in [0.2, 0.25) is 0 Å². The van der Waals surface area contributed by atoms with Crippen LogP contribution in [0.25, 0.3) is 0 Å². The zero-order valence-electron chi connectivity index (χ0n) is 10.1. The lowest BCUT2D eigenvalue weighted by atomic mass is 10.1. The maximum Gasteiger partial charge on any atom is 0.125 e. The molecule has 1 nitrogen and oxygen atoms in total. The van der Waals surface area contributed by atoms with Crippen molar-refractivity contribution in [2.75, 3.05) is 5.32 Å². The van der Waals surface area contributed by atoms with Gasteiger partial charge in [-0.15, -0.1) is 0 Å². The zero-order valence-corrected chi connectivity index (χ0v) is 12.4. The monoisotopic (exact) mass is 339 g/mol. The number of hydrogen-bond donors (Lipinski definition) is 1. The highest BCUT2D eigenvalue weighted by molar-refractivity contribution is 9.10. The molecule has 1 N–H and O–H groups in total. The van der Waals surface area contributed by atoms with Crippen LogP contribution < -0.4 is 5.32 Å². The highest BCUT2D eigenvalue weighted by Gasteiger charge is 2.22. The van der Waals surface area contributed by atoms with E-state index in [0.717, 1.165) is 28.0 Å². The molecule has 2 aromatic rings. The summed E-state index contributed by atoms with van der Waals surface area (Å²) in [6, 6.07) is 11.0. The van der Waals surface area contributed by atoms with Gasteiger partial charge in [0.25, 0.3) is 0 Å². The summed E-state index contributed by atoms with van der Waals surface area (Å²) in [5, 5.41) is 4.16. The summed E-state index contributed by atoms with van der Waals surface area (Å²) >= 11 is 9.43. The molecule has 98 valence electrons. The Labute approximate surface area is 124 Å². The molecule has 4 heteroatoms. The van der Waals surface area contributed by atoms with Crippen LogP contribution in [0.4, 0.5) is 10.1 Å². The Bertz CT molecular complexity index is 630. The molecule has 1 aliphatic rings. The number of rotatable bonds is 2. The Hall–Kier alpha value is -1.06. The van der Waals surface area contributed by atoms with Crippen LogP contribution in [0.1, 0.15) is 11.1 Å². The lowest BCUT2D eigenvalue weighted by Gasteiger charge is -2.15. The van der Waals surface area contributed by atoms with Crippen LogP contribution >= 0.6 is 27.5 Å². The fourth-order valence-electron chi connectivity index (χ4n) is 2.52. The van der Waals surface area contributed by atoms with Gasteiger partial charge in [-0.2, -0.15) is 0 Å². The predicted octanol–water partition coefficient (Wildman–Crippen LogP) is 4.82. The Kier molecular flexibility index (Phi) is 3.50. The van der Waals surface area contributed by atoms with Crippen LogP contribution in [0.2, 0.25) is 5.02 Å². The normalized spacial score (nSPS) is 17.3. The highest BCUT2D eigenvalue weighted by atomic mass is 79.9. The zero-order chi connectivity index (χ0) is 13.4. The molecule has 2 aromatic carbocycles. The molecule has 0 aromatic heterocycles. The minimum absolute atomic E-state index is 0.232. The molecule has 0 bridgehead atoms. The molecule has 0 heterocycles. The summed E-state index contributed by atoms with van der Waals surface area (Å²) < 4.78 is 14.1. The number of anilines is 1. The van der Waals surface area contributed by atoms with Crippen molar-refractivity contribution in [3.63, 3.8) is 0 Å². The van der Waals surface area contributed by atoms with Crippen molar-refractivity contribution in [2.45, 2.75) is 18.9 Å². The Balaban J connectivity index is 1.78. The Morgan fingerprint density at radius 3 is 2.74 bits per heavy atom. The molecular formula is C15H12BrClFN. The van der Waals surface area contributed by atoms with Gasteiger partial charge in [-0.3, -0.25) is 0 Å². The number of hydrogen-bond acceptors (Lipinski definition) is 1. The van der Waals surface area contributed by atoms with E-state index in [0.29, 0.717) is 0 Å². The van der Waals surface area contributed by atoms with Crippen LogP contribution in [0.15, 0.2) is 40.9 Å². The van der Waals surface area contributed by atoms with Crippen LogP contribution in [-0.4, -0.2) is 6.04 Å². The molecule has 0 amide bonds. The molecule has 0 radical (unpaired) electrons. The summed E-state index contributed by atoms with van der Waals surface area (Å²) in [6.07, 6.45) is 1.86. The summed E-state index contributed by atoms with van der Waals surface area (Å²) in [5.41, 5.74) is 3.39. The first kappa shape index (κ1) is 12.9. The summed E-state index contributed by atoms with van der Waals surface area (Å²) in [5.74, 6) is -0.232. The fourth-order valence-corrected chi connectivity index (χ4v) is 3.07. The summed E-state index contributed by atoms with van der Waals surface area (Å²) in [4.78, 5) is 0. The third-order valence-electron chi connectivity index (χ3n) is 3.39. The van der Waals surface area contributed by atoms with E-state index in [4.69, 9.17) is 11.6 Å². The average Bonchev–Trinajstić information content (AvgIpc) is 2.75. The lowest BCUT2D eigenvalue weighted by Crippen LogP contribution is -2.19. The van der Waals surface area contributed by atoms with E-state index in [-0.39, 0.29) is 11.9 Å². The number of fused-ring (bicyclic) bond motifs is 1. The number of nitrogens with one attached hydrogen (secondary N) is 1. The van der Waals surface area contributed by atoms with E-state index in [2.05, 4.69) is 27.3 Å². The van der Waals surface area contributed by atoms with E-state index in [1.807, 2.05) is 12.1 Å². The molecule has 0 aliphatic heterocycles. The average molecular weight is 341 g/mol. The van der Waals surface area contributed by atoms with Gasteiger partial charge in [0, 0.05) is 15.5 Å². The van der Waals surface area contributed by atoms with E-state index in [1.165, 1.54) is 23.3 Å². The topological polar surface area (TPSA) is 12.0 Å². The first-order valence-electron chi connectivity index (χ1n) is 6.11. The van der Waals surface area contributed by atoms with Gasteiger partial charge in [-0.25, -0.2) is 4.39 Å². The quantitative estimate of drug-likeness (QED) is 0.826. The van der Waals surface area contributed by atoms with E-state index < -0.39 is 0 Å². The molecule has 0 fully saturated rings. The molecule has 19 heavy (non-hydrogen) atoms. The van der Waals surface area contributed by atoms with E-state index >= 15 is 0 Å². The molecule has 0 saturated heterocycles. The third-order valence-corrected chi connectivity index (χ3v) is 4.32. The van der Waals surface area contributed by atoms with Crippen LogP contribution in [-0.2, 0) is 12.8 Å². The van der Waals surface area contributed by atoms with Crippen molar-refractivity contribution in [3.05, 3.63) is 62.8 Å². The van der Waals surface area contributed by atoms with Crippen LogP contribution in [0.5, 0.6) is 0 Å². The van der Waals surface area contributed by atoms with Gasteiger partial charge in [0.15, 0.2) is 0 Å². The molecular weight excluding hydrogens is 329 g/mol. The molecule has 3 rings (SSSR count). The molecule has 1 unspecified atom stereocenters. The highest BCUT2D eigenvalue weighted by Crippen LogP contribution is 2.30. The van der Waals surface area contributed by atoms with Crippen molar-refractivity contribution in [2.24, 2.45) is 0 Å². The smallest absolute Gasteiger partial charge is 0.125 e. The minimum Gasteiger partial charge on any atom is -0.381 e. The first-order valence-corrected chi connectivity index (χ1v) is 7.28. The standard InChI is InChI=1S/C15H12BrClFN/c16-14-4-3-12(18)8-15(14)19-13-6-9-1-2-11(17)5-10(9)7-13/h1-5,8,13,19H,6-7H2. The van der Waals surface area contributed by atoms with Crippen LogP contribution in [0, 0.1) is 5.82 Å². The van der Waals surface area contributed by atoms with Gasteiger partial charge >= 0.3 is 0 Å². The summed E-state index contributed by atoms with van der Waals surface area (Å²) in [6.45, 7) is 0.